The zero-order valence-electron chi connectivity index (χ0n) is 15.9. The highest BCUT2D eigenvalue weighted by Crippen LogP contribution is 2.15. The molecule has 3 aromatic rings. The van der Waals surface area contributed by atoms with Crippen molar-refractivity contribution in [3.63, 3.8) is 0 Å². The molecule has 0 aromatic carbocycles. The summed E-state index contributed by atoms with van der Waals surface area (Å²) in [7, 11) is 0. The van der Waals surface area contributed by atoms with Gasteiger partial charge in [0.25, 0.3) is 0 Å². The number of amides is 1. The van der Waals surface area contributed by atoms with Crippen molar-refractivity contribution in [2.45, 2.75) is 13.3 Å². The molecular weight excluding hydrogens is 366 g/mol. The van der Waals surface area contributed by atoms with Crippen molar-refractivity contribution in [2.24, 2.45) is 4.99 Å². The Hall–Kier alpha value is -4.07. The van der Waals surface area contributed by atoms with Gasteiger partial charge in [-0.3, -0.25) is 19.7 Å². The van der Waals surface area contributed by atoms with E-state index in [-0.39, 0.29) is 12.3 Å². The van der Waals surface area contributed by atoms with Gasteiger partial charge in [-0.1, -0.05) is 12.1 Å². The zero-order valence-corrected chi connectivity index (χ0v) is 15.9. The van der Waals surface area contributed by atoms with E-state index in [9.17, 15) is 4.79 Å². The van der Waals surface area contributed by atoms with Gasteiger partial charge in [-0.15, -0.1) is 0 Å². The number of pyridine rings is 1. The molecule has 1 amide bonds. The van der Waals surface area contributed by atoms with Gasteiger partial charge in [-0.25, -0.2) is 4.99 Å². The lowest BCUT2D eigenvalue weighted by Gasteiger charge is -2.06. The summed E-state index contributed by atoms with van der Waals surface area (Å²) >= 11 is 0. The Bertz CT molecular complexity index is 1030. The van der Waals surface area contributed by atoms with Crippen LogP contribution in [0.3, 0.4) is 0 Å². The monoisotopic (exact) mass is 385 g/mol. The van der Waals surface area contributed by atoms with Crippen molar-refractivity contribution in [3.05, 3.63) is 84.6 Å². The van der Waals surface area contributed by atoms with E-state index in [2.05, 4.69) is 42.2 Å². The van der Waals surface area contributed by atoms with Crippen LogP contribution in [-0.4, -0.2) is 37.8 Å². The summed E-state index contributed by atoms with van der Waals surface area (Å²) in [5, 5.41) is 10.3. The predicted molar refractivity (Wildman–Crippen MR) is 110 cm³/mol. The molecule has 8 nitrogen and oxygen atoms in total. The first kappa shape index (κ1) is 19.7. The first-order valence-corrected chi connectivity index (χ1v) is 8.79. The topological polar surface area (TPSA) is 106 Å². The van der Waals surface area contributed by atoms with Crippen molar-refractivity contribution in [1.29, 1.82) is 0 Å². The quantitative estimate of drug-likeness (QED) is 0.495. The lowest BCUT2D eigenvalue weighted by atomic mass is 10.1. The van der Waals surface area contributed by atoms with E-state index in [0.717, 1.165) is 28.1 Å². The highest BCUT2D eigenvalue weighted by molar-refractivity contribution is 5.80. The van der Waals surface area contributed by atoms with E-state index in [1.54, 1.807) is 49.3 Å². The SMILES string of the molecule is C=N/C(=C\C=C(/C)c1cnccn1)NC(=O)Cc1ccc(-c2ccnnc2)nc1. The minimum absolute atomic E-state index is 0.168. The van der Waals surface area contributed by atoms with Crippen molar-refractivity contribution in [1.82, 2.24) is 30.5 Å². The van der Waals surface area contributed by atoms with Crippen LogP contribution in [0.25, 0.3) is 16.8 Å². The van der Waals surface area contributed by atoms with Crippen LogP contribution in [0.2, 0.25) is 0 Å². The van der Waals surface area contributed by atoms with Gasteiger partial charge < -0.3 is 5.32 Å². The van der Waals surface area contributed by atoms with Crippen LogP contribution < -0.4 is 5.32 Å². The largest absolute Gasteiger partial charge is 0.310 e. The molecular formula is C21H19N7O. The lowest BCUT2D eigenvalue weighted by molar-refractivity contribution is -0.119. The molecule has 3 aromatic heterocycles. The third-order valence-electron chi connectivity index (χ3n) is 3.97. The Labute approximate surface area is 168 Å². The number of hydrogen-bond donors (Lipinski definition) is 1. The number of aromatic nitrogens is 5. The molecule has 144 valence electrons. The molecule has 0 radical (unpaired) electrons. The van der Waals surface area contributed by atoms with Crippen molar-refractivity contribution in [3.8, 4) is 11.3 Å². The zero-order chi connectivity index (χ0) is 20.5. The second kappa shape index (κ2) is 9.75. The Morgan fingerprint density at radius 2 is 1.97 bits per heavy atom. The molecule has 0 aliphatic heterocycles. The van der Waals surface area contributed by atoms with E-state index >= 15 is 0 Å². The summed E-state index contributed by atoms with van der Waals surface area (Å²) in [5.41, 5.74) is 4.04. The third kappa shape index (κ3) is 5.70. The number of aliphatic imine (C=N–C) groups is 1. The van der Waals surface area contributed by atoms with Gasteiger partial charge >= 0.3 is 0 Å². The highest BCUT2D eigenvalue weighted by atomic mass is 16.1. The number of rotatable bonds is 7. The fourth-order valence-electron chi connectivity index (χ4n) is 2.44. The predicted octanol–water partition coefficient (Wildman–Crippen LogP) is 2.63. The Morgan fingerprint density at radius 3 is 2.62 bits per heavy atom. The van der Waals surface area contributed by atoms with Crippen LogP contribution in [-0.2, 0) is 11.2 Å². The molecule has 3 rings (SSSR count). The molecule has 0 saturated carbocycles. The molecule has 0 spiro atoms. The summed E-state index contributed by atoms with van der Waals surface area (Å²) in [4.78, 5) is 28.8. The van der Waals surface area contributed by atoms with Crippen molar-refractivity contribution < 1.29 is 4.79 Å². The van der Waals surface area contributed by atoms with E-state index in [0.29, 0.717) is 5.82 Å². The molecule has 29 heavy (non-hydrogen) atoms. The smallest absolute Gasteiger partial charge is 0.230 e. The molecule has 0 aliphatic carbocycles. The number of carbonyl (C=O) groups is 1. The molecule has 0 aliphatic rings. The normalized spacial score (nSPS) is 11.8. The third-order valence-corrected chi connectivity index (χ3v) is 3.97. The van der Waals surface area contributed by atoms with E-state index < -0.39 is 0 Å². The highest BCUT2D eigenvalue weighted by Gasteiger charge is 2.07. The van der Waals surface area contributed by atoms with Crippen molar-refractivity contribution in [2.75, 3.05) is 0 Å². The summed E-state index contributed by atoms with van der Waals surface area (Å²) in [6.45, 7) is 5.40. The lowest BCUT2D eigenvalue weighted by Crippen LogP contribution is -2.23. The van der Waals surface area contributed by atoms with E-state index in [1.807, 2.05) is 25.1 Å². The van der Waals surface area contributed by atoms with Gasteiger partial charge in [0.1, 0.15) is 5.82 Å². The van der Waals surface area contributed by atoms with E-state index in [1.165, 1.54) is 0 Å². The van der Waals surface area contributed by atoms with Crippen LogP contribution in [0.1, 0.15) is 18.2 Å². The Morgan fingerprint density at radius 1 is 1.07 bits per heavy atom. The maximum atomic E-state index is 12.3. The molecule has 0 unspecified atom stereocenters. The number of allylic oxidation sites excluding steroid dienone is 3. The van der Waals surface area contributed by atoms with Crippen LogP contribution in [0.15, 0.2) is 78.3 Å². The van der Waals surface area contributed by atoms with Gasteiger partial charge in [0.05, 0.1) is 36.4 Å². The molecule has 8 heteroatoms. The van der Waals surface area contributed by atoms with Crippen LogP contribution >= 0.6 is 0 Å². The first-order valence-electron chi connectivity index (χ1n) is 8.79. The second-order valence-corrected chi connectivity index (χ2v) is 6.06. The Kier molecular flexibility index (Phi) is 6.62. The van der Waals surface area contributed by atoms with Crippen LogP contribution in [0, 0.1) is 0 Å². The molecule has 0 bridgehead atoms. The second-order valence-electron chi connectivity index (χ2n) is 6.06. The molecule has 0 atom stereocenters. The average Bonchev–Trinajstić information content (AvgIpc) is 2.78. The van der Waals surface area contributed by atoms with Crippen molar-refractivity contribution >= 4 is 18.2 Å². The fourth-order valence-corrected chi connectivity index (χ4v) is 2.44. The first-order chi connectivity index (χ1) is 14.2. The molecule has 3 heterocycles. The summed E-state index contributed by atoms with van der Waals surface area (Å²) in [5.74, 6) is 0.139. The molecule has 0 saturated heterocycles. The molecule has 0 fully saturated rings. The number of carbonyl (C=O) groups excluding carboxylic acids is 1. The standard InChI is InChI=1S/C21H19N7O/c1-15(19-14-23-9-10-24-19)3-6-20(22-2)28-21(29)11-16-4-5-18(25-12-16)17-7-8-26-27-13-17/h3-10,12-14H,2,11H2,1H3,(H,28,29)/b15-3+,20-6+. The van der Waals surface area contributed by atoms with Gasteiger partial charge in [0.2, 0.25) is 5.91 Å². The van der Waals surface area contributed by atoms with Crippen LogP contribution in [0.5, 0.6) is 0 Å². The van der Waals surface area contributed by atoms with Gasteiger partial charge in [0.15, 0.2) is 0 Å². The average molecular weight is 385 g/mol. The maximum absolute atomic E-state index is 12.3. The van der Waals surface area contributed by atoms with Gasteiger partial charge in [0, 0.05) is 24.2 Å². The number of nitrogens with zero attached hydrogens (tertiary/aromatic N) is 6. The minimum atomic E-state index is -0.214. The minimum Gasteiger partial charge on any atom is -0.310 e. The maximum Gasteiger partial charge on any atom is 0.230 e. The fraction of sp³-hybridized carbons (Fsp3) is 0.0952. The van der Waals surface area contributed by atoms with Gasteiger partial charge in [-0.2, -0.15) is 10.2 Å². The van der Waals surface area contributed by atoms with E-state index in [4.69, 9.17) is 0 Å². The number of nitrogens with one attached hydrogen (secondary N) is 1. The summed E-state index contributed by atoms with van der Waals surface area (Å²) in [6.07, 6.45) is 13.4. The summed E-state index contributed by atoms with van der Waals surface area (Å²) < 4.78 is 0. The van der Waals surface area contributed by atoms with Gasteiger partial charge in [-0.05, 0) is 43.0 Å². The molecule has 1 N–H and O–H groups in total. The van der Waals surface area contributed by atoms with Crippen LogP contribution in [0.4, 0.5) is 0 Å². The summed E-state index contributed by atoms with van der Waals surface area (Å²) in [6, 6.07) is 5.52. The Balaban J connectivity index is 1.62. The number of hydrogen-bond acceptors (Lipinski definition) is 7.